The number of hydrogen-bond donors (Lipinski definition) is 1. The Hall–Kier alpha value is -2.47. The van der Waals surface area contributed by atoms with E-state index in [9.17, 15) is 4.79 Å². The van der Waals surface area contributed by atoms with E-state index in [1.54, 1.807) is 0 Å². The topological polar surface area (TPSA) is 67.4 Å². The van der Waals surface area contributed by atoms with E-state index in [-0.39, 0.29) is 16.7 Å². The van der Waals surface area contributed by atoms with Crippen molar-refractivity contribution >= 4 is 11.7 Å². The highest BCUT2D eigenvalue weighted by molar-refractivity contribution is 5.83. The van der Waals surface area contributed by atoms with E-state index in [0.29, 0.717) is 19.8 Å². The van der Waals surface area contributed by atoms with Crippen LogP contribution in [0.5, 0.6) is 0 Å². The van der Waals surface area contributed by atoms with E-state index in [1.807, 2.05) is 26.1 Å². The van der Waals surface area contributed by atoms with Gasteiger partial charge in [-0.2, -0.15) is 0 Å². The molecular weight excluding hydrogens is 388 g/mol. The van der Waals surface area contributed by atoms with Gasteiger partial charge in [-0.15, -0.1) is 0 Å². The molecule has 0 spiro atoms. The fourth-order valence-electron chi connectivity index (χ4n) is 5.11. The number of benzene rings is 1. The minimum absolute atomic E-state index is 0.245. The highest BCUT2D eigenvalue weighted by atomic mass is 16.5. The number of amides is 1. The molecule has 1 unspecified atom stereocenters. The van der Waals surface area contributed by atoms with Gasteiger partial charge in [0.2, 0.25) is 5.91 Å². The first-order valence-corrected chi connectivity index (χ1v) is 11.4. The predicted octanol–water partition coefficient (Wildman–Crippen LogP) is 3.75. The number of aromatic nitrogens is 2. The number of nitrogens with zero attached hydrogens (tertiary/aromatic N) is 3. The molecule has 2 saturated heterocycles. The summed E-state index contributed by atoms with van der Waals surface area (Å²) < 4.78 is 5.65. The fraction of sp³-hybridized carbons (Fsp3) is 0.560. The predicted molar refractivity (Wildman–Crippen MR) is 122 cm³/mol. The zero-order valence-corrected chi connectivity index (χ0v) is 19.0. The van der Waals surface area contributed by atoms with Crippen LogP contribution in [0.15, 0.2) is 36.4 Å². The number of nitrogens with one attached hydrogen (secondary N) is 1. The third-order valence-corrected chi connectivity index (χ3v) is 6.92. The summed E-state index contributed by atoms with van der Waals surface area (Å²) in [5.41, 5.74) is 1.54. The summed E-state index contributed by atoms with van der Waals surface area (Å²) in [6.45, 7) is 6.96. The molecule has 1 N–H and O–H groups in total. The van der Waals surface area contributed by atoms with Crippen LogP contribution in [0.3, 0.4) is 0 Å². The maximum Gasteiger partial charge on any atom is 0.229 e. The fourth-order valence-corrected chi connectivity index (χ4v) is 5.11. The Balaban J connectivity index is 1.60. The molecule has 166 valence electrons. The smallest absolute Gasteiger partial charge is 0.229 e. The summed E-state index contributed by atoms with van der Waals surface area (Å²) in [5.74, 6) is 1.93. The van der Waals surface area contributed by atoms with Crippen molar-refractivity contribution in [3.8, 4) is 0 Å². The third kappa shape index (κ3) is 4.59. The van der Waals surface area contributed by atoms with Gasteiger partial charge in [0.25, 0.3) is 0 Å². The van der Waals surface area contributed by atoms with Crippen molar-refractivity contribution in [1.82, 2.24) is 14.9 Å². The second-order valence-corrected chi connectivity index (χ2v) is 9.41. The summed E-state index contributed by atoms with van der Waals surface area (Å²) in [4.78, 5) is 25.6. The Morgan fingerprint density at radius 3 is 2.61 bits per heavy atom. The van der Waals surface area contributed by atoms with Gasteiger partial charge >= 0.3 is 0 Å². The van der Waals surface area contributed by atoms with Crippen LogP contribution in [-0.2, 0) is 21.4 Å². The molecule has 0 radical (unpaired) electrons. The Kier molecular flexibility index (Phi) is 6.28. The van der Waals surface area contributed by atoms with Gasteiger partial charge in [0.1, 0.15) is 11.6 Å². The van der Waals surface area contributed by atoms with Crippen LogP contribution in [0.1, 0.15) is 49.7 Å². The van der Waals surface area contributed by atoms with Gasteiger partial charge in [-0.3, -0.25) is 4.79 Å². The van der Waals surface area contributed by atoms with E-state index in [4.69, 9.17) is 14.7 Å². The van der Waals surface area contributed by atoms with Crippen LogP contribution in [0.25, 0.3) is 0 Å². The van der Waals surface area contributed by atoms with Crippen molar-refractivity contribution in [2.24, 2.45) is 5.41 Å². The molecule has 2 aliphatic heterocycles. The normalized spacial score (nSPS) is 23.4. The molecule has 0 bridgehead atoms. The molecule has 6 heteroatoms. The number of carbonyl (C=O) groups excluding carboxylic acids is 1. The van der Waals surface area contributed by atoms with Crippen molar-refractivity contribution in [2.75, 3.05) is 38.7 Å². The second kappa shape index (κ2) is 8.95. The van der Waals surface area contributed by atoms with Crippen LogP contribution in [0, 0.1) is 12.3 Å². The van der Waals surface area contributed by atoms with E-state index >= 15 is 0 Å². The van der Waals surface area contributed by atoms with E-state index in [2.05, 4.69) is 41.4 Å². The van der Waals surface area contributed by atoms with Gasteiger partial charge in [-0.25, -0.2) is 9.97 Å². The van der Waals surface area contributed by atoms with Crippen LogP contribution in [0.4, 0.5) is 5.82 Å². The first-order valence-electron chi connectivity index (χ1n) is 11.4. The Morgan fingerprint density at radius 1 is 1.16 bits per heavy atom. The van der Waals surface area contributed by atoms with Crippen LogP contribution < -0.4 is 5.32 Å². The largest absolute Gasteiger partial charge is 0.381 e. The highest BCUT2D eigenvalue weighted by Crippen LogP contribution is 2.40. The maximum atomic E-state index is 14.0. The van der Waals surface area contributed by atoms with Crippen molar-refractivity contribution in [3.05, 3.63) is 53.5 Å². The molecule has 0 aliphatic carbocycles. The molecule has 6 nitrogen and oxygen atoms in total. The summed E-state index contributed by atoms with van der Waals surface area (Å²) >= 11 is 0. The van der Waals surface area contributed by atoms with Crippen molar-refractivity contribution in [2.45, 2.75) is 51.4 Å². The second-order valence-electron chi connectivity index (χ2n) is 9.41. The van der Waals surface area contributed by atoms with Crippen molar-refractivity contribution < 1.29 is 9.53 Å². The minimum atomic E-state index is -0.387. The van der Waals surface area contributed by atoms with Crippen molar-refractivity contribution in [3.63, 3.8) is 0 Å². The van der Waals surface area contributed by atoms with E-state index in [1.165, 1.54) is 5.56 Å². The highest BCUT2D eigenvalue weighted by Gasteiger charge is 2.46. The lowest BCUT2D eigenvalue weighted by Crippen LogP contribution is -2.54. The first-order chi connectivity index (χ1) is 14.9. The Morgan fingerprint density at radius 2 is 1.90 bits per heavy atom. The third-order valence-electron chi connectivity index (χ3n) is 6.92. The van der Waals surface area contributed by atoms with Gasteiger partial charge in [0, 0.05) is 50.5 Å². The SMILES string of the molecule is CNc1cc(C)nc(C2(C)CCCN(C(=O)C3(Cc4ccccc4)CCOCC3)C2)n1. The van der Waals surface area contributed by atoms with Crippen LogP contribution >= 0.6 is 0 Å². The Labute approximate surface area is 185 Å². The molecule has 2 aliphatic rings. The van der Waals surface area contributed by atoms with Crippen molar-refractivity contribution in [1.29, 1.82) is 0 Å². The molecule has 1 aromatic heterocycles. The molecule has 1 aromatic carbocycles. The zero-order chi connectivity index (χ0) is 21.9. The molecule has 2 fully saturated rings. The quantitative estimate of drug-likeness (QED) is 0.795. The number of piperidine rings is 1. The van der Waals surface area contributed by atoms with Gasteiger partial charge in [0.15, 0.2) is 0 Å². The molecule has 1 amide bonds. The van der Waals surface area contributed by atoms with Crippen LogP contribution in [-0.4, -0.2) is 54.1 Å². The minimum Gasteiger partial charge on any atom is -0.381 e. The average Bonchev–Trinajstić information content (AvgIpc) is 2.79. The lowest BCUT2D eigenvalue weighted by molar-refractivity contribution is -0.150. The van der Waals surface area contributed by atoms with Gasteiger partial charge < -0.3 is 15.0 Å². The summed E-state index contributed by atoms with van der Waals surface area (Å²) in [6, 6.07) is 12.3. The Bertz CT molecular complexity index is 911. The van der Waals surface area contributed by atoms with Crippen LogP contribution in [0.2, 0.25) is 0 Å². The number of carbonyl (C=O) groups is 1. The van der Waals surface area contributed by atoms with Gasteiger partial charge in [-0.1, -0.05) is 37.3 Å². The number of anilines is 1. The number of hydrogen-bond acceptors (Lipinski definition) is 5. The molecule has 31 heavy (non-hydrogen) atoms. The number of ether oxygens (including phenoxy) is 1. The molecule has 0 saturated carbocycles. The number of aryl methyl sites for hydroxylation is 1. The summed E-state index contributed by atoms with van der Waals surface area (Å²) in [6.07, 6.45) is 4.27. The average molecular weight is 423 g/mol. The standard InChI is InChI=1S/C25H34N4O2/c1-19-16-21(26-3)28-22(27-19)24(2)10-7-13-29(18-24)23(30)25(11-14-31-15-12-25)17-20-8-5-4-6-9-20/h4-6,8-9,16H,7,10-15,17-18H2,1-3H3,(H,26,27,28). The maximum absolute atomic E-state index is 14.0. The van der Waals surface area contributed by atoms with Gasteiger partial charge in [0.05, 0.1) is 5.41 Å². The lowest BCUT2D eigenvalue weighted by atomic mass is 9.72. The summed E-state index contributed by atoms with van der Waals surface area (Å²) in [7, 11) is 1.88. The molecule has 4 rings (SSSR count). The monoisotopic (exact) mass is 422 g/mol. The van der Waals surface area contributed by atoms with E-state index < -0.39 is 0 Å². The van der Waals surface area contributed by atoms with E-state index in [0.717, 1.165) is 56.0 Å². The molecular formula is C25H34N4O2. The summed E-state index contributed by atoms with van der Waals surface area (Å²) in [5, 5.41) is 3.14. The number of rotatable bonds is 5. The molecule has 2 aromatic rings. The lowest BCUT2D eigenvalue weighted by Gasteiger charge is -2.45. The zero-order valence-electron chi connectivity index (χ0n) is 19.0. The molecule has 3 heterocycles. The first kappa shape index (κ1) is 21.8. The number of likely N-dealkylation sites (tertiary alicyclic amines) is 1. The molecule has 1 atom stereocenters. The van der Waals surface area contributed by atoms with Gasteiger partial charge in [-0.05, 0) is 44.6 Å².